The molecule has 2 heterocycles. The summed E-state index contributed by atoms with van der Waals surface area (Å²) in [6.07, 6.45) is -1.27. The van der Waals surface area contributed by atoms with Crippen LogP contribution in [0.5, 0.6) is 0 Å². The summed E-state index contributed by atoms with van der Waals surface area (Å²) in [5.41, 5.74) is 0.286. The third kappa shape index (κ3) is 4.16. The number of ether oxygens (including phenoxy) is 1. The maximum Gasteiger partial charge on any atom is 0.490 e. The van der Waals surface area contributed by atoms with Gasteiger partial charge >= 0.3 is 12.1 Å². The molecule has 4 nitrogen and oxygen atoms in total. The Kier molecular flexibility index (Phi) is 4.37. The molecular formula is C10H16F3NO3. The minimum atomic E-state index is -5.08. The molecular weight excluding hydrogens is 239 g/mol. The fourth-order valence-corrected chi connectivity index (χ4v) is 2.12. The van der Waals surface area contributed by atoms with E-state index in [-0.39, 0.29) is 5.60 Å². The quantitative estimate of drug-likeness (QED) is 0.712. The average molecular weight is 255 g/mol. The Hall–Kier alpha value is -0.820. The van der Waals surface area contributed by atoms with Crippen LogP contribution in [-0.4, -0.2) is 54.5 Å². The van der Waals surface area contributed by atoms with Gasteiger partial charge in [0.25, 0.3) is 0 Å². The summed E-state index contributed by atoms with van der Waals surface area (Å²) in [6.45, 7) is 3.38. The SMILES string of the molecule is CN1CCC2(CCCO2)C1.O=C(O)C(F)(F)F. The van der Waals surface area contributed by atoms with Gasteiger partial charge in [-0.25, -0.2) is 4.79 Å². The lowest BCUT2D eigenvalue weighted by Gasteiger charge is -2.21. The normalized spacial score (nSPS) is 29.2. The van der Waals surface area contributed by atoms with Crippen LogP contribution in [0, 0.1) is 0 Å². The molecule has 1 spiro atoms. The number of aliphatic carboxylic acids is 1. The van der Waals surface area contributed by atoms with Gasteiger partial charge in [0.1, 0.15) is 0 Å². The second kappa shape index (κ2) is 5.22. The second-order valence-electron chi connectivity index (χ2n) is 4.43. The highest BCUT2D eigenvalue weighted by atomic mass is 19.4. The molecule has 0 aromatic carbocycles. The van der Waals surface area contributed by atoms with Crippen molar-refractivity contribution in [3.05, 3.63) is 0 Å². The number of carboxylic acids is 1. The molecule has 1 unspecified atom stereocenters. The molecule has 0 bridgehead atoms. The van der Waals surface area contributed by atoms with Crippen molar-refractivity contribution in [2.75, 3.05) is 26.7 Å². The molecule has 1 N–H and O–H groups in total. The van der Waals surface area contributed by atoms with E-state index in [2.05, 4.69) is 11.9 Å². The first-order chi connectivity index (χ1) is 7.75. The number of hydrogen-bond acceptors (Lipinski definition) is 3. The van der Waals surface area contributed by atoms with Gasteiger partial charge in [-0.15, -0.1) is 0 Å². The van der Waals surface area contributed by atoms with Crippen molar-refractivity contribution in [3.63, 3.8) is 0 Å². The summed E-state index contributed by atoms with van der Waals surface area (Å²) in [5.74, 6) is -2.76. The maximum absolute atomic E-state index is 10.6. The second-order valence-corrected chi connectivity index (χ2v) is 4.43. The number of halogens is 3. The molecule has 2 fully saturated rings. The first-order valence-corrected chi connectivity index (χ1v) is 5.38. The summed E-state index contributed by atoms with van der Waals surface area (Å²) < 4.78 is 37.5. The van der Waals surface area contributed by atoms with E-state index in [4.69, 9.17) is 14.6 Å². The summed E-state index contributed by atoms with van der Waals surface area (Å²) in [6, 6.07) is 0. The molecule has 0 aromatic rings. The van der Waals surface area contributed by atoms with E-state index in [0.717, 1.165) is 13.2 Å². The maximum atomic E-state index is 10.6. The van der Waals surface area contributed by atoms with E-state index >= 15 is 0 Å². The van der Waals surface area contributed by atoms with Gasteiger partial charge in [-0.3, -0.25) is 0 Å². The molecule has 2 rings (SSSR count). The van der Waals surface area contributed by atoms with E-state index in [1.165, 1.54) is 25.8 Å². The van der Waals surface area contributed by atoms with E-state index < -0.39 is 12.1 Å². The lowest BCUT2D eigenvalue weighted by molar-refractivity contribution is -0.192. The van der Waals surface area contributed by atoms with Gasteiger partial charge in [0, 0.05) is 19.7 Å². The molecule has 100 valence electrons. The topological polar surface area (TPSA) is 49.8 Å². The van der Waals surface area contributed by atoms with Crippen LogP contribution < -0.4 is 0 Å². The Morgan fingerprint density at radius 3 is 2.29 bits per heavy atom. The van der Waals surface area contributed by atoms with Crippen molar-refractivity contribution < 1.29 is 27.8 Å². The average Bonchev–Trinajstić information content (AvgIpc) is 2.77. The van der Waals surface area contributed by atoms with Gasteiger partial charge in [0.05, 0.1) is 5.60 Å². The number of rotatable bonds is 0. The summed E-state index contributed by atoms with van der Waals surface area (Å²) >= 11 is 0. The Balaban J connectivity index is 0.000000185. The predicted molar refractivity (Wildman–Crippen MR) is 53.7 cm³/mol. The van der Waals surface area contributed by atoms with E-state index in [9.17, 15) is 13.2 Å². The van der Waals surface area contributed by atoms with Crippen LogP contribution in [0.1, 0.15) is 19.3 Å². The van der Waals surface area contributed by atoms with Gasteiger partial charge in [-0.2, -0.15) is 13.2 Å². The smallest absolute Gasteiger partial charge is 0.475 e. The largest absolute Gasteiger partial charge is 0.490 e. The molecule has 0 radical (unpaired) electrons. The molecule has 2 aliphatic rings. The molecule has 0 amide bonds. The molecule has 2 saturated heterocycles. The minimum absolute atomic E-state index is 0.286. The first kappa shape index (κ1) is 14.2. The fraction of sp³-hybridized carbons (Fsp3) is 0.900. The molecule has 7 heteroatoms. The summed E-state index contributed by atoms with van der Waals surface area (Å²) in [5, 5.41) is 7.12. The number of carboxylic acid groups (broad SMARTS) is 1. The van der Waals surface area contributed by atoms with Gasteiger partial charge < -0.3 is 14.7 Å². The number of hydrogen-bond donors (Lipinski definition) is 1. The molecule has 0 aliphatic carbocycles. The number of nitrogens with zero attached hydrogens (tertiary/aromatic N) is 1. The van der Waals surface area contributed by atoms with Crippen molar-refractivity contribution >= 4 is 5.97 Å². The van der Waals surface area contributed by atoms with Gasteiger partial charge in [-0.1, -0.05) is 0 Å². The van der Waals surface area contributed by atoms with Gasteiger partial charge in [0.2, 0.25) is 0 Å². The van der Waals surface area contributed by atoms with E-state index in [0.29, 0.717) is 0 Å². The zero-order valence-electron chi connectivity index (χ0n) is 9.59. The molecule has 2 aliphatic heterocycles. The fourth-order valence-electron chi connectivity index (χ4n) is 2.12. The lowest BCUT2D eigenvalue weighted by Crippen LogP contribution is -2.30. The van der Waals surface area contributed by atoms with E-state index in [1.807, 2.05) is 0 Å². The van der Waals surface area contributed by atoms with Crippen molar-refractivity contribution in [3.8, 4) is 0 Å². The Morgan fingerprint density at radius 1 is 1.41 bits per heavy atom. The van der Waals surface area contributed by atoms with Crippen LogP contribution in [0.2, 0.25) is 0 Å². The Labute approximate surface area is 97.3 Å². The Bertz CT molecular complexity index is 274. The van der Waals surface area contributed by atoms with Crippen LogP contribution in [0.3, 0.4) is 0 Å². The molecule has 0 saturated carbocycles. The van der Waals surface area contributed by atoms with Crippen molar-refractivity contribution in [1.82, 2.24) is 4.90 Å². The lowest BCUT2D eigenvalue weighted by atomic mass is 10.00. The first-order valence-electron chi connectivity index (χ1n) is 5.38. The third-order valence-corrected chi connectivity index (χ3v) is 2.93. The molecule has 17 heavy (non-hydrogen) atoms. The van der Waals surface area contributed by atoms with Crippen LogP contribution in [0.15, 0.2) is 0 Å². The zero-order valence-corrected chi connectivity index (χ0v) is 9.59. The van der Waals surface area contributed by atoms with Crippen molar-refractivity contribution in [2.24, 2.45) is 0 Å². The number of carbonyl (C=O) groups is 1. The standard InChI is InChI=1S/C8H15NO.C2HF3O2/c1-9-5-4-8(7-9)3-2-6-10-8;3-2(4,5)1(6)7/h2-7H2,1H3;(H,6,7). The minimum Gasteiger partial charge on any atom is -0.475 e. The van der Waals surface area contributed by atoms with E-state index in [1.54, 1.807) is 0 Å². The highest BCUT2D eigenvalue weighted by Crippen LogP contribution is 2.33. The van der Waals surface area contributed by atoms with Crippen LogP contribution in [0.25, 0.3) is 0 Å². The number of likely N-dealkylation sites (tertiary alicyclic amines) is 1. The third-order valence-electron chi connectivity index (χ3n) is 2.93. The Morgan fingerprint density at radius 2 is 2.00 bits per heavy atom. The number of likely N-dealkylation sites (N-methyl/N-ethyl adjacent to an activating group) is 1. The van der Waals surface area contributed by atoms with Crippen LogP contribution in [-0.2, 0) is 9.53 Å². The summed E-state index contributed by atoms with van der Waals surface area (Å²) in [4.78, 5) is 11.3. The number of alkyl halides is 3. The zero-order chi connectivity index (χ0) is 13.1. The highest BCUT2D eigenvalue weighted by molar-refractivity contribution is 5.73. The monoisotopic (exact) mass is 255 g/mol. The predicted octanol–water partition coefficient (Wildman–Crippen LogP) is 1.50. The molecule has 1 atom stereocenters. The highest BCUT2D eigenvalue weighted by Gasteiger charge is 2.40. The van der Waals surface area contributed by atoms with Gasteiger partial charge in [0.15, 0.2) is 0 Å². The van der Waals surface area contributed by atoms with Crippen molar-refractivity contribution in [2.45, 2.75) is 31.0 Å². The van der Waals surface area contributed by atoms with Gasteiger partial charge in [-0.05, 0) is 26.3 Å². The van der Waals surface area contributed by atoms with Crippen LogP contribution >= 0.6 is 0 Å². The van der Waals surface area contributed by atoms with Crippen LogP contribution in [0.4, 0.5) is 13.2 Å². The van der Waals surface area contributed by atoms with Crippen molar-refractivity contribution in [1.29, 1.82) is 0 Å². The molecule has 0 aromatic heterocycles. The summed E-state index contributed by atoms with van der Waals surface area (Å²) in [7, 11) is 2.18.